The van der Waals surface area contributed by atoms with Crippen molar-refractivity contribution in [1.82, 2.24) is 10.2 Å². The molecule has 0 spiro atoms. The lowest BCUT2D eigenvalue weighted by Crippen LogP contribution is -2.57. The summed E-state index contributed by atoms with van der Waals surface area (Å²) in [5, 5.41) is 2.99. The van der Waals surface area contributed by atoms with Gasteiger partial charge < -0.3 is 15.1 Å². The van der Waals surface area contributed by atoms with E-state index in [-0.39, 0.29) is 30.3 Å². The number of benzene rings is 2. The molecule has 1 N–H and O–H groups in total. The van der Waals surface area contributed by atoms with Crippen LogP contribution < -0.4 is 15.1 Å². The summed E-state index contributed by atoms with van der Waals surface area (Å²) in [6.07, 6.45) is 7.79. The van der Waals surface area contributed by atoms with Crippen molar-refractivity contribution in [2.24, 2.45) is 0 Å². The number of anilines is 2. The van der Waals surface area contributed by atoms with Crippen LogP contribution in [-0.4, -0.2) is 61.4 Å². The Kier molecular flexibility index (Phi) is 7.54. The van der Waals surface area contributed by atoms with Crippen LogP contribution >= 0.6 is 0 Å². The number of rotatable bonds is 7. The van der Waals surface area contributed by atoms with Gasteiger partial charge in [0.15, 0.2) is 0 Å². The first kappa shape index (κ1) is 24.3. The van der Waals surface area contributed by atoms with Gasteiger partial charge in [0.05, 0.1) is 11.4 Å². The molecule has 0 bridgehead atoms. The maximum absolute atomic E-state index is 13.6. The number of nitrogens with zero attached hydrogens (tertiary/aromatic N) is 3. The van der Waals surface area contributed by atoms with Crippen LogP contribution in [-0.2, 0) is 16.0 Å². The van der Waals surface area contributed by atoms with Crippen LogP contribution in [0.4, 0.5) is 11.4 Å². The Morgan fingerprint density at radius 3 is 2.47 bits per heavy atom. The molecule has 0 radical (unpaired) electrons. The van der Waals surface area contributed by atoms with Crippen molar-refractivity contribution in [2.45, 2.75) is 57.4 Å². The molecule has 36 heavy (non-hydrogen) atoms. The number of likely N-dealkylation sites (tertiary alicyclic amines) is 1. The number of carbonyl (C=O) groups is 3. The van der Waals surface area contributed by atoms with Gasteiger partial charge in [0.1, 0.15) is 12.6 Å². The summed E-state index contributed by atoms with van der Waals surface area (Å²) in [4.78, 5) is 45.4. The molecule has 3 heterocycles. The van der Waals surface area contributed by atoms with Gasteiger partial charge in [-0.25, -0.2) is 0 Å². The first-order valence-corrected chi connectivity index (χ1v) is 13.4. The molecule has 0 saturated carbocycles. The summed E-state index contributed by atoms with van der Waals surface area (Å²) < 4.78 is 0. The zero-order chi connectivity index (χ0) is 24.9. The number of piperidine rings is 2. The molecular weight excluding hydrogens is 452 g/mol. The van der Waals surface area contributed by atoms with E-state index in [1.54, 1.807) is 4.90 Å². The predicted octanol–water partition coefficient (Wildman–Crippen LogP) is 3.77. The summed E-state index contributed by atoms with van der Waals surface area (Å²) >= 11 is 0. The summed E-state index contributed by atoms with van der Waals surface area (Å²) in [5.74, 6) is -0.195. The SMILES string of the molecule is O=C(CN1C(=O)[C@H]2CCCCN2c2ccc(C(=O)N3CCCCC3)cc21)NCCCc1ccccc1. The molecule has 2 aromatic carbocycles. The highest BCUT2D eigenvalue weighted by atomic mass is 16.2. The zero-order valence-electron chi connectivity index (χ0n) is 21.0. The van der Waals surface area contributed by atoms with Crippen LogP contribution in [0.5, 0.6) is 0 Å². The largest absolute Gasteiger partial charge is 0.358 e. The lowest BCUT2D eigenvalue weighted by Gasteiger charge is -2.45. The van der Waals surface area contributed by atoms with Crippen LogP contribution in [0.3, 0.4) is 0 Å². The van der Waals surface area contributed by atoms with Gasteiger partial charge in [-0.1, -0.05) is 30.3 Å². The molecule has 2 fully saturated rings. The van der Waals surface area contributed by atoms with Crippen molar-refractivity contribution in [1.29, 1.82) is 0 Å². The Morgan fingerprint density at radius 2 is 1.67 bits per heavy atom. The fourth-order valence-corrected chi connectivity index (χ4v) is 5.70. The van der Waals surface area contributed by atoms with E-state index in [9.17, 15) is 14.4 Å². The third-order valence-electron chi connectivity index (χ3n) is 7.63. The quantitative estimate of drug-likeness (QED) is 0.603. The van der Waals surface area contributed by atoms with E-state index in [1.165, 1.54) is 5.56 Å². The monoisotopic (exact) mass is 488 g/mol. The van der Waals surface area contributed by atoms with Crippen LogP contribution in [0.1, 0.15) is 60.9 Å². The van der Waals surface area contributed by atoms with E-state index in [0.717, 1.165) is 76.7 Å². The lowest BCUT2D eigenvalue weighted by atomic mass is 9.95. The number of amides is 3. The Morgan fingerprint density at radius 1 is 0.889 bits per heavy atom. The molecule has 7 nitrogen and oxygen atoms in total. The summed E-state index contributed by atoms with van der Waals surface area (Å²) in [5.41, 5.74) is 3.47. The van der Waals surface area contributed by atoms with Crippen molar-refractivity contribution >= 4 is 29.1 Å². The van der Waals surface area contributed by atoms with Crippen molar-refractivity contribution in [3.05, 3.63) is 59.7 Å². The van der Waals surface area contributed by atoms with Crippen LogP contribution in [0.2, 0.25) is 0 Å². The van der Waals surface area contributed by atoms with Gasteiger partial charge in [0.25, 0.3) is 5.91 Å². The minimum atomic E-state index is -0.235. The van der Waals surface area contributed by atoms with Crippen molar-refractivity contribution in [3.63, 3.8) is 0 Å². The average Bonchev–Trinajstić information content (AvgIpc) is 2.94. The summed E-state index contributed by atoms with van der Waals surface area (Å²) in [6.45, 7) is 2.91. The minimum absolute atomic E-state index is 0.0102. The van der Waals surface area contributed by atoms with E-state index < -0.39 is 0 Å². The van der Waals surface area contributed by atoms with Crippen LogP contribution in [0, 0.1) is 0 Å². The fraction of sp³-hybridized carbons (Fsp3) is 0.483. The first-order chi connectivity index (χ1) is 17.6. The van der Waals surface area contributed by atoms with E-state index in [4.69, 9.17) is 0 Å². The molecule has 2 aromatic rings. The van der Waals surface area contributed by atoms with Gasteiger partial charge in [-0.2, -0.15) is 0 Å². The molecule has 0 unspecified atom stereocenters. The topological polar surface area (TPSA) is 73.0 Å². The Labute approximate surface area is 213 Å². The highest BCUT2D eigenvalue weighted by molar-refractivity contribution is 6.09. The Bertz CT molecular complexity index is 1100. The summed E-state index contributed by atoms with van der Waals surface area (Å²) in [6, 6.07) is 15.7. The average molecular weight is 489 g/mol. The highest BCUT2D eigenvalue weighted by Crippen LogP contribution is 2.40. The molecule has 3 aliphatic rings. The van der Waals surface area contributed by atoms with Gasteiger partial charge in [0, 0.05) is 31.7 Å². The van der Waals surface area contributed by atoms with E-state index in [1.807, 2.05) is 41.3 Å². The first-order valence-electron chi connectivity index (χ1n) is 13.4. The normalized spacial score (nSPS) is 19.5. The molecule has 190 valence electrons. The summed E-state index contributed by atoms with van der Waals surface area (Å²) in [7, 11) is 0. The number of carbonyl (C=O) groups excluding carboxylic acids is 3. The maximum Gasteiger partial charge on any atom is 0.253 e. The molecule has 3 amide bonds. The van der Waals surface area contributed by atoms with Crippen molar-refractivity contribution in [2.75, 3.05) is 42.5 Å². The second-order valence-electron chi connectivity index (χ2n) is 10.1. The lowest BCUT2D eigenvalue weighted by molar-refractivity contribution is -0.125. The van der Waals surface area contributed by atoms with Crippen LogP contribution in [0.25, 0.3) is 0 Å². The third kappa shape index (κ3) is 5.25. The zero-order valence-corrected chi connectivity index (χ0v) is 21.0. The minimum Gasteiger partial charge on any atom is -0.358 e. The van der Waals surface area contributed by atoms with Crippen LogP contribution in [0.15, 0.2) is 48.5 Å². The predicted molar refractivity (Wildman–Crippen MR) is 141 cm³/mol. The van der Waals surface area contributed by atoms with Gasteiger partial charge >= 0.3 is 0 Å². The molecule has 5 rings (SSSR count). The Hall–Kier alpha value is -3.35. The van der Waals surface area contributed by atoms with E-state index >= 15 is 0 Å². The Balaban J connectivity index is 1.31. The fourth-order valence-electron chi connectivity index (χ4n) is 5.70. The molecule has 0 aliphatic carbocycles. The van der Waals surface area contributed by atoms with Crippen molar-refractivity contribution in [3.8, 4) is 0 Å². The third-order valence-corrected chi connectivity index (χ3v) is 7.63. The number of fused-ring (bicyclic) bond motifs is 3. The smallest absolute Gasteiger partial charge is 0.253 e. The molecule has 0 aromatic heterocycles. The van der Waals surface area contributed by atoms with E-state index in [0.29, 0.717) is 17.8 Å². The second kappa shape index (κ2) is 11.1. The number of aryl methyl sites for hydroxylation is 1. The molecule has 2 saturated heterocycles. The molecule has 1 atom stereocenters. The number of nitrogens with one attached hydrogen (secondary N) is 1. The molecule has 7 heteroatoms. The number of hydrogen-bond donors (Lipinski definition) is 1. The van der Waals surface area contributed by atoms with Gasteiger partial charge in [0.2, 0.25) is 11.8 Å². The molecular formula is C29H36N4O3. The maximum atomic E-state index is 13.6. The van der Waals surface area contributed by atoms with Crippen molar-refractivity contribution < 1.29 is 14.4 Å². The highest BCUT2D eigenvalue weighted by Gasteiger charge is 2.40. The second-order valence-corrected chi connectivity index (χ2v) is 10.1. The van der Waals surface area contributed by atoms with Gasteiger partial charge in [-0.3, -0.25) is 19.3 Å². The van der Waals surface area contributed by atoms with Gasteiger partial charge in [-0.15, -0.1) is 0 Å². The van der Waals surface area contributed by atoms with E-state index in [2.05, 4.69) is 22.3 Å². The van der Waals surface area contributed by atoms with Gasteiger partial charge in [-0.05, 0) is 75.1 Å². The number of hydrogen-bond acceptors (Lipinski definition) is 4. The molecule has 3 aliphatic heterocycles. The standard InChI is InChI=1S/C29H36N4O3/c34-27(30-16-9-12-22-10-3-1-4-11-22)21-33-26-20-23(28(35)31-17-6-2-7-18-31)14-15-24(26)32-19-8-5-13-25(32)29(33)36/h1,3-4,10-11,14-15,20,25H,2,5-9,12-13,16-19,21H2,(H,30,34)/t25-/m1/s1.